The molecule has 1 unspecified atom stereocenters. The first-order chi connectivity index (χ1) is 11.4. The van der Waals surface area contributed by atoms with Gasteiger partial charge in [0.15, 0.2) is 0 Å². The minimum Gasteiger partial charge on any atom is -0.508 e. The van der Waals surface area contributed by atoms with Crippen molar-refractivity contribution in [3.05, 3.63) is 58.6 Å². The third-order valence-electron chi connectivity index (χ3n) is 4.84. The Bertz CT molecular complexity index is 778. The van der Waals surface area contributed by atoms with Crippen LogP contribution in [0.4, 0.5) is 5.69 Å². The van der Waals surface area contributed by atoms with Crippen molar-refractivity contribution in [3.63, 3.8) is 0 Å². The number of phenolic OH excluding ortho intramolecular Hbond substituents is 1. The zero-order valence-electron chi connectivity index (χ0n) is 13.8. The number of halogens is 1. The summed E-state index contributed by atoms with van der Waals surface area (Å²) in [7, 11) is 0. The molecule has 4 nitrogen and oxygen atoms in total. The fourth-order valence-corrected chi connectivity index (χ4v) is 3.10. The number of nitrogens with one attached hydrogen (secondary N) is 1. The highest BCUT2D eigenvalue weighted by atomic mass is 35.5. The topological polar surface area (TPSA) is 52.6 Å². The van der Waals surface area contributed by atoms with E-state index in [1.54, 1.807) is 18.2 Å². The van der Waals surface area contributed by atoms with Gasteiger partial charge in [-0.25, -0.2) is 0 Å². The van der Waals surface area contributed by atoms with Crippen LogP contribution in [0.2, 0.25) is 5.02 Å². The number of likely N-dealkylation sites (tertiary alicyclic amines) is 1. The van der Waals surface area contributed by atoms with Gasteiger partial charge in [0, 0.05) is 29.9 Å². The number of carbonyl (C=O) groups is 1. The Labute approximate surface area is 147 Å². The summed E-state index contributed by atoms with van der Waals surface area (Å²) in [6.45, 7) is 5.26. The quantitative estimate of drug-likeness (QED) is 0.882. The SMILES string of the molecule is Cc1ccc(NC(=O)C2(C)CCN2Cc2ccccc2Cl)cc1O. The van der Waals surface area contributed by atoms with Gasteiger partial charge in [0.25, 0.3) is 0 Å². The molecule has 2 aromatic carbocycles. The molecule has 1 saturated heterocycles. The number of nitrogens with zero attached hydrogens (tertiary/aromatic N) is 1. The fraction of sp³-hybridized carbons (Fsp3) is 0.316. The number of anilines is 1. The standard InChI is InChI=1S/C19H21ClN2O2/c1-13-7-8-15(11-17(13)23)21-18(24)19(2)9-10-22(19)12-14-5-3-4-6-16(14)20/h3-8,11,23H,9-10,12H2,1-2H3,(H,21,24). The Kier molecular flexibility index (Phi) is 4.52. The van der Waals surface area contributed by atoms with E-state index in [1.807, 2.05) is 38.1 Å². The average Bonchev–Trinajstić information content (AvgIpc) is 2.55. The maximum absolute atomic E-state index is 12.7. The normalized spacial score (nSPS) is 20.5. The third kappa shape index (κ3) is 3.12. The van der Waals surface area contributed by atoms with Crippen molar-refractivity contribution in [2.45, 2.75) is 32.4 Å². The zero-order chi connectivity index (χ0) is 17.3. The minimum atomic E-state index is -0.570. The highest BCUT2D eigenvalue weighted by Crippen LogP contribution is 2.34. The maximum Gasteiger partial charge on any atom is 0.244 e. The number of hydrogen-bond acceptors (Lipinski definition) is 3. The Morgan fingerprint density at radius 1 is 1.33 bits per heavy atom. The van der Waals surface area contributed by atoms with Gasteiger partial charge in [-0.3, -0.25) is 9.69 Å². The molecule has 126 valence electrons. The van der Waals surface area contributed by atoms with Gasteiger partial charge >= 0.3 is 0 Å². The lowest BCUT2D eigenvalue weighted by atomic mass is 9.85. The van der Waals surface area contributed by atoms with Gasteiger partial charge in [-0.05, 0) is 43.5 Å². The summed E-state index contributed by atoms with van der Waals surface area (Å²) in [5.41, 5.74) is 1.84. The first-order valence-electron chi connectivity index (χ1n) is 8.00. The minimum absolute atomic E-state index is 0.0657. The van der Waals surface area contributed by atoms with E-state index in [-0.39, 0.29) is 11.7 Å². The van der Waals surface area contributed by atoms with Crippen LogP contribution in [0.15, 0.2) is 42.5 Å². The molecule has 1 atom stereocenters. The summed E-state index contributed by atoms with van der Waals surface area (Å²) >= 11 is 6.23. The van der Waals surface area contributed by atoms with Crippen LogP contribution < -0.4 is 5.32 Å². The lowest BCUT2D eigenvalue weighted by molar-refractivity contribution is -0.136. The van der Waals surface area contributed by atoms with E-state index in [1.165, 1.54) is 0 Å². The molecule has 0 bridgehead atoms. The van der Waals surface area contributed by atoms with Crippen LogP contribution >= 0.6 is 11.6 Å². The number of phenols is 1. The maximum atomic E-state index is 12.7. The van der Waals surface area contributed by atoms with Crippen LogP contribution in [0, 0.1) is 6.92 Å². The van der Waals surface area contributed by atoms with E-state index in [2.05, 4.69) is 10.2 Å². The van der Waals surface area contributed by atoms with Gasteiger partial charge in [-0.15, -0.1) is 0 Å². The molecule has 2 N–H and O–H groups in total. The largest absolute Gasteiger partial charge is 0.508 e. The molecule has 3 rings (SSSR count). The summed E-state index contributed by atoms with van der Waals surface area (Å²) < 4.78 is 0. The number of aryl methyl sites for hydroxylation is 1. The summed E-state index contributed by atoms with van der Waals surface area (Å²) in [4.78, 5) is 14.9. The molecule has 0 spiro atoms. The molecule has 0 radical (unpaired) electrons. The molecule has 5 heteroatoms. The fourth-order valence-electron chi connectivity index (χ4n) is 2.90. The van der Waals surface area contributed by atoms with Crippen molar-refractivity contribution in [2.75, 3.05) is 11.9 Å². The van der Waals surface area contributed by atoms with Gasteiger partial charge in [0.2, 0.25) is 5.91 Å². The van der Waals surface area contributed by atoms with Crippen LogP contribution in [0.3, 0.4) is 0 Å². The van der Waals surface area contributed by atoms with Gasteiger partial charge in [-0.1, -0.05) is 35.9 Å². The highest BCUT2D eigenvalue weighted by Gasteiger charge is 2.46. The molecule has 1 fully saturated rings. The van der Waals surface area contributed by atoms with Crippen molar-refractivity contribution >= 4 is 23.2 Å². The van der Waals surface area contributed by atoms with Gasteiger partial charge in [-0.2, -0.15) is 0 Å². The zero-order valence-corrected chi connectivity index (χ0v) is 14.6. The van der Waals surface area contributed by atoms with Crippen molar-refractivity contribution in [2.24, 2.45) is 0 Å². The number of rotatable bonds is 4. The summed E-state index contributed by atoms with van der Waals surface area (Å²) in [5.74, 6) is 0.114. The van der Waals surface area contributed by atoms with Crippen LogP contribution in [-0.2, 0) is 11.3 Å². The lowest BCUT2D eigenvalue weighted by Gasteiger charge is -2.49. The summed E-state index contributed by atoms with van der Waals surface area (Å²) in [6, 6.07) is 12.9. The first kappa shape index (κ1) is 16.8. The monoisotopic (exact) mass is 344 g/mol. The third-order valence-corrected chi connectivity index (χ3v) is 5.21. The molecule has 0 saturated carbocycles. The molecular formula is C19H21ClN2O2. The molecule has 1 amide bonds. The van der Waals surface area contributed by atoms with E-state index in [4.69, 9.17) is 11.6 Å². The van der Waals surface area contributed by atoms with E-state index in [9.17, 15) is 9.90 Å². The Morgan fingerprint density at radius 3 is 2.71 bits per heavy atom. The smallest absolute Gasteiger partial charge is 0.244 e. The second kappa shape index (κ2) is 6.46. The van der Waals surface area contributed by atoms with Crippen LogP contribution in [0.25, 0.3) is 0 Å². The second-order valence-corrected chi connectivity index (χ2v) is 6.90. The van der Waals surface area contributed by atoms with Crippen molar-refractivity contribution < 1.29 is 9.90 Å². The number of aromatic hydroxyl groups is 1. The molecule has 1 aliphatic rings. The van der Waals surface area contributed by atoms with Crippen LogP contribution in [0.5, 0.6) is 5.75 Å². The Hall–Kier alpha value is -2.04. The summed E-state index contributed by atoms with van der Waals surface area (Å²) in [5, 5.41) is 13.4. The van der Waals surface area contributed by atoms with Crippen molar-refractivity contribution in [3.8, 4) is 5.75 Å². The molecule has 0 aliphatic carbocycles. The highest BCUT2D eigenvalue weighted by molar-refractivity contribution is 6.31. The molecule has 24 heavy (non-hydrogen) atoms. The van der Waals surface area contributed by atoms with Crippen molar-refractivity contribution in [1.29, 1.82) is 0 Å². The predicted octanol–water partition coefficient (Wildman–Crippen LogP) is 3.96. The van der Waals surface area contributed by atoms with Crippen LogP contribution in [0.1, 0.15) is 24.5 Å². The van der Waals surface area contributed by atoms with E-state index in [0.29, 0.717) is 12.2 Å². The Morgan fingerprint density at radius 2 is 2.08 bits per heavy atom. The molecule has 0 aromatic heterocycles. The van der Waals surface area contributed by atoms with Crippen LogP contribution in [-0.4, -0.2) is 28.0 Å². The Balaban J connectivity index is 1.71. The van der Waals surface area contributed by atoms with Gasteiger partial charge in [0.05, 0.1) is 5.54 Å². The molecule has 2 aromatic rings. The second-order valence-electron chi connectivity index (χ2n) is 6.49. The lowest BCUT2D eigenvalue weighted by Crippen LogP contribution is -2.63. The number of hydrogen-bond donors (Lipinski definition) is 2. The molecule has 1 aliphatic heterocycles. The first-order valence-corrected chi connectivity index (χ1v) is 8.37. The van der Waals surface area contributed by atoms with E-state index < -0.39 is 5.54 Å². The average molecular weight is 345 g/mol. The molecular weight excluding hydrogens is 324 g/mol. The molecule has 1 heterocycles. The number of benzene rings is 2. The van der Waals surface area contributed by atoms with Gasteiger partial charge < -0.3 is 10.4 Å². The number of carbonyl (C=O) groups excluding carboxylic acids is 1. The number of amides is 1. The predicted molar refractivity (Wildman–Crippen MR) is 96.4 cm³/mol. The summed E-state index contributed by atoms with van der Waals surface area (Å²) in [6.07, 6.45) is 0.793. The van der Waals surface area contributed by atoms with Crippen molar-refractivity contribution in [1.82, 2.24) is 4.90 Å². The van der Waals surface area contributed by atoms with E-state index >= 15 is 0 Å². The van der Waals surface area contributed by atoms with Gasteiger partial charge in [0.1, 0.15) is 5.75 Å². The van der Waals surface area contributed by atoms with E-state index in [0.717, 1.165) is 29.1 Å².